The molecule has 0 bridgehead atoms. The fraction of sp³-hybridized carbons (Fsp3) is 0.579. The molecule has 0 radical (unpaired) electrons. The molecule has 3 rings (SSSR count). The summed E-state index contributed by atoms with van der Waals surface area (Å²) < 4.78 is 0. The van der Waals surface area contributed by atoms with E-state index < -0.39 is 5.54 Å². The number of aryl methyl sites for hydroxylation is 1. The maximum absolute atomic E-state index is 13.2. The van der Waals surface area contributed by atoms with Crippen LogP contribution in [0.3, 0.4) is 0 Å². The lowest BCUT2D eigenvalue weighted by atomic mass is 9.74. The van der Waals surface area contributed by atoms with Crippen LogP contribution in [0, 0.1) is 5.92 Å². The van der Waals surface area contributed by atoms with E-state index in [0.717, 1.165) is 32.4 Å². The predicted molar refractivity (Wildman–Crippen MR) is 95.0 cm³/mol. The highest BCUT2D eigenvalue weighted by Gasteiger charge is 2.54. The molecule has 0 aliphatic carbocycles. The molecule has 0 saturated carbocycles. The van der Waals surface area contributed by atoms with Crippen molar-refractivity contribution < 1.29 is 14.7 Å². The molecule has 1 atom stereocenters. The molecular weight excluding hydrogens is 318 g/mol. The van der Waals surface area contributed by atoms with Crippen molar-refractivity contribution in [3.8, 4) is 0 Å². The van der Waals surface area contributed by atoms with Gasteiger partial charge in [-0.05, 0) is 56.7 Å². The third kappa shape index (κ3) is 3.70. The Balaban J connectivity index is 1.82. The Labute approximate surface area is 148 Å². The average molecular weight is 345 g/mol. The summed E-state index contributed by atoms with van der Waals surface area (Å²) in [6.45, 7) is 2.00. The SMILES string of the molecule is O=C1NC(CCc2ccccc2)(C2CCNCC2)C(=O)N1CCCO. The summed E-state index contributed by atoms with van der Waals surface area (Å²) in [4.78, 5) is 27.0. The zero-order valence-electron chi connectivity index (χ0n) is 14.5. The normalized spacial score (nSPS) is 24.6. The van der Waals surface area contributed by atoms with Crippen molar-refractivity contribution in [3.05, 3.63) is 35.9 Å². The second-order valence-electron chi connectivity index (χ2n) is 6.95. The maximum atomic E-state index is 13.2. The molecule has 0 spiro atoms. The van der Waals surface area contributed by atoms with Crippen LogP contribution in [0.2, 0.25) is 0 Å². The number of urea groups is 1. The highest BCUT2D eigenvalue weighted by atomic mass is 16.3. The Kier molecular flexibility index (Phi) is 5.71. The van der Waals surface area contributed by atoms with Crippen molar-refractivity contribution in [2.24, 2.45) is 5.92 Å². The van der Waals surface area contributed by atoms with E-state index in [-0.39, 0.29) is 31.0 Å². The molecule has 3 N–H and O–H groups in total. The van der Waals surface area contributed by atoms with Crippen molar-refractivity contribution in [2.75, 3.05) is 26.2 Å². The molecule has 2 aliphatic rings. The minimum Gasteiger partial charge on any atom is -0.396 e. The van der Waals surface area contributed by atoms with E-state index in [1.807, 2.05) is 18.2 Å². The Morgan fingerprint density at radius 3 is 2.56 bits per heavy atom. The first-order valence-corrected chi connectivity index (χ1v) is 9.17. The molecular formula is C19H27N3O3. The van der Waals surface area contributed by atoms with E-state index in [1.54, 1.807) is 0 Å². The predicted octanol–water partition coefficient (Wildman–Crippen LogP) is 1.29. The minimum absolute atomic E-state index is 0.0264. The molecule has 2 fully saturated rings. The topological polar surface area (TPSA) is 81.7 Å². The Hall–Kier alpha value is -1.92. The number of aliphatic hydroxyl groups excluding tert-OH is 1. The summed E-state index contributed by atoms with van der Waals surface area (Å²) in [5.74, 6) is 0.0295. The molecule has 6 heteroatoms. The van der Waals surface area contributed by atoms with Gasteiger partial charge in [0.05, 0.1) is 0 Å². The molecule has 1 aromatic carbocycles. The van der Waals surface area contributed by atoms with Gasteiger partial charge >= 0.3 is 6.03 Å². The molecule has 0 aromatic heterocycles. The number of hydrogen-bond donors (Lipinski definition) is 3. The van der Waals surface area contributed by atoms with Gasteiger partial charge in [0.15, 0.2) is 0 Å². The lowest BCUT2D eigenvalue weighted by Gasteiger charge is -2.38. The van der Waals surface area contributed by atoms with Crippen molar-refractivity contribution in [3.63, 3.8) is 0 Å². The van der Waals surface area contributed by atoms with Crippen LogP contribution >= 0.6 is 0 Å². The third-order valence-electron chi connectivity index (χ3n) is 5.43. The van der Waals surface area contributed by atoms with Gasteiger partial charge in [0.2, 0.25) is 0 Å². The van der Waals surface area contributed by atoms with Gasteiger partial charge in [-0.1, -0.05) is 30.3 Å². The summed E-state index contributed by atoms with van der Waals surface area (Å²) >= 11 is 0. The Morgan fingerprint density at radius 1 is 1.16 bits per heavy atom. The number of hydrogen-bond acceptors (Lipinski definition) is 4. The summed E-state index contributed by atoms with van der Waals surface area (Å²) in [7, 11) is 0. The van der Waals surface area contributed by atoms with Crippen LogP contribution in [0.15, 0.2) is 30.3 Å². The molecule has 25 heavy (non-hydrogen) atoms. The largest absolute Gasteiger partial charge is 0.396 e. The fourth-order valence-corrected chi connectivity index (χ4v) is 4.03. The number of benzene rings is 1. The van der Waals surface area contributed by atoms with E-state index in [2.05, 4.69) is 22.8 Å². The van der Waals surface area contributed by atoms with Crippen molar-refractivity contribution in [2.45, 2.75) is 37.6 Å². The van der Waals surface area contributed by atoms with Gasteiger partial charge in [0.25, 0.3) is 5.91 Å². The van der Waals surface area contributed by atoms with Crippen LogP contribution in [0.4, 0.5) is 4.79 Å². The molecule has 1 unspecified atom stereocenters. The molecule has 2 heterocycles. The molecule has 2 saturated heterocycles. The average Bonchev–Trinajstić information content (AvgIpc) is 2.91. The lowest BCUT2D eigenvalue weighted by molar-refractivity contribution is -0.134. The van der Waals surface area contributed by atoms with E-state index in [1.165, 1.54) is 10.5 Å². The number of rotatable bonds is 7. The van der Waals surface area contributed by atoms with Gasteiger partial charge in [-0.2, -0.15) is 0 Å². The van der Waals surface area contributed by atoms with Crippen LogP contribution in [-0.2, 0) is 11.2 Å². The summed E-state index contributed by atoms with van der Waals surface area (Å²) in [5, 5.41) is 15.4. The quantitative estimate of drug-likeness (QED) is 0.651. The number of amides is 3. The molecule has 1 aromatic rings. The van der Waals surface area contributed by atoms with E-state index in [4.69, 9.17) is 5.11 Å². The van der Waals surface area contributed by atoms with Crippen molar-refractivity contribution in [1.29, 1.82) is 0 Å². The smallest absolute Gasteiger partial charge is 0.325 e. The van der Waals surface area contributed by atoms with Crippen LogP contribution in [0.25, 0.3) is 0 Å². The van der Waals surface area contributed by atoms with Crippen molar-refractivity contribution >= 4 is 11.9 Å². The highest BCUT2D eigenvalue weighted by Crippen LogP contribution is 2.36. The van der Waals surface area contributed by atoms with Gasteiger partial charge < -0.3 is 15.7 Å². The Bertz CT molecular complexity index is 601. The van der Waals surface area contributed by atoms with Gasteiger partial charge in [-0.25, -0.2) is 4.79 Å². The molecule has 6 nitrogen and oxygen atoms in total. The number of nitrogens with one attached hydrogen (secondary N) is 2. The number of carbonyl (C=O) groups is 2. The van der Waals surface area contributed by atoms with E-state index >= 15 is 0 Å². The summed E-state index contributed by atoms with van der Waals surface area (Å²) in [5.41, 5.74) is 0.358. The second kappa shape index (κ2) is 7.97. The monoisotopic (exact) mass is 345 g/mol. The zero-order chi connectivity index (χ0) is 17.7. The van der Waals surface area contributed by atoms with E-state index in [9.17, 15) is 9.59 Å². The minimum atomic E-state index is -0.815. The standard InChI is InChI=1S/C19H27N3O3/c23-14-4-13-22-17(24)19(21-18(22)25,16-8-11-20-12-9-16)10-7-15-5-2-1-3-6-15/h1-3,5-6,16,20,23H,4,7-14H2,(H,21,25). The van der Waals surface area contributed by atoms with E-state index in [0.29, 0.717) is 12.8 Å². The number of carbonyl (C=O) groups excluding carboxylic acids is 2. The number of aliphatic hydroxyl groups is 1. The fourth-order valence-electron chi connectivity index (χ4n) is 4.03. The molecule has 3 amide bonds. The van der Waals surface area contributed by atoms with Gasteiger partial charge in [0, 0.05) is 13.2 Å². The number of piperidine rings is 1. The van der Waals surface area contributed by atoms with Crippen LogP contribution in [0.1, 0.15) is 31.2 Å². The number of nitrogens with zero attached hydrogens (tertiary/aromatic N) is 1. The lowest BCUT2D eigenvalue weighted by Crippen LogP contribution is -2.56. The second-order valence-corrected chi connectivity index (χ2v) is 6.95. The Morgan fingerprint density at radius 2 is 1.88 bits per heavy atom. The first kappa shape index (κ1) is 17.9. The van der Waals surface area contributed by atoms with Crippen LogP contribution < -0.4 is 10.6 Å². The van der Waals surface area contributed by atoms with Crippen molar-refractivity contribution in [1.82, 2.24) is 15.5 Å². The first-order valence-electron chi connectivity index (χ1n) is 9.17. The van der Waals surface area contributed by atoms with Crippen LogP contribution in [-0.4, -0.2) is 53.7 Å². The highest BCUT2D eigenvalue weighted by molar-refractivity contribution is 6.07. The molecule has 2 aliphatic heterocycles. The number of imide groups is 1. The van der Waals surface area contributed by atoms with Gasteiger partial charge in [0.1, 0.15) is 5.54 Å². The maximum Gasteiger partial charge on any atom is 0.325 e. The summed E-state index contributed by atoms with van der Waals surface area (Å²) in [6, 6.07) is 9.77. The third-order valence-corrected chi connectivity index (χ3v) is 5.43. The molecule has 136 valence electrons. The first-order chi connectivity index (χ1) is 12.2. The zero-order valence-corrected chi connectivity index (χ0v) is 14.5. The van der Waals surface area contributed by atoms with Gasteiger partial charge in [-0.3, -0.25) is 9.69 Å². The van der Waals surface area contributed by atoms with Gasteiger partial charge in [-0.15, -0.1) is 0 Å². The van der Waals surface area contributed by atoms with Crippen LogP contribution in [0.5, 0.6) is 0 Å². The summed E-state index contributed by atoms with van der Waals surface area (Å²) in [6.07, 6.45) is 3.55.